The molecule has 0 unspecified atom stereocenters. The Morgan fingerprint density at radius 3 is 2.72 bits per heavy atom. The highest BCUT2D eigenvalue weighted by atomic mass is 16.6. The van der Waals surface area contributed by atoms with Gasteiger partial charge in [0.05, 0.1) is 10.5 Å². The van der Waals surface area contributed by atoms with Crippen LogP contribution in [0.15, 0.2) is 24.3 Å². The number of aromatic nitrogens is 3. The normalized spacial score (nSPS) is 10.6. The maximum atomic E-state index is 11.0. The van der Waals surface area contributed by atoms with Gasteiger partial charge in [-0.25, -0.2) is 0 Å². The standard InChI is InChI=1S/C11H12N4O3/c1-2-14-10(7-16)12-13-11(14)8-5-3-4-6-9(8)15(17)18/h3-6,16H,2,7H2,1H3. The van der Waals surface area contributed by atoms with E-state index in [1.807, 2.05) is 6.92 Å². The molecule has 0 saturated heterocycles. The first-order chi connectivity index (χ1) is 8.69. The molecule has 2 rings (SSSR count). The van der Waals surface area contributed by atoms with Crippen LogP contribution in [0.25, 0.3) is 11.4 Å². The maximum Gasteiger partial charge on any atom is 0.280 e. The lowest BCUT2D eigenvalue weighted by molar-refractivity contribution is -0.384. The van der Waals surface area contributed by atoms with E-state index in [0.717, 1.165) is 0 Å². The number of para-hydroxylation sites is 1. The van der Waals surface area contributed by atoms with Gasteiger partial charge in [-0.2, -0.15) is 0 Å². The summed E-state index contributed by atoms with van der Waals surface area (Å²) in [6.45, 7) is 2.15. The van der Waals surface area contributed by atoms with Crippen molar-refractivity contribution in [2.24, 2.45) is 0 Å². The van der Waals surface area contributed by atoms with Gasteiger partial charge in [-0.3, -0.25) is 10.1 Å². The third-order valence-electron chi connectivity index (χ3n) is 2.63. The van der Waals surface area contributed by atoms with E-state index < -0.39 is 4.92 Å². The van der Waals surface area contributed by atoms with E-state index in [0.29, 0.717) is 23.8 Å². The summed E-state index contributed by atoms with van der Waals surface area (Å²) in [7, 11) is 0. The Kier molecular flexibility index (Phi) is 3.33. The Hall–Kier alpha value is -2.28. The van der Waals surface area contributed by atoms with Crippen LogP contribution in [0.4, 0.5) is 5.69 Å². The Morgan fingerprint density at radius 1 is 1.39 bits per heavy atom. The fraction of sp³-hybridized carbons (Fsp3) is 0.273. The number of nitro groups is 1. The minimum atomic E-state index is -0.456. The average Bonchev–Trinajstić information content (AvgIpc) is 2.81. The highest BCUT2D eigenvalue weighted by Gasteiger charge is 2.20. The fourth-order valence-electron chi connectivity index (χ4n) is 1.81. The van der Waals surface area contributed by atoms with E-state index in [1.165, 1.54) is 6.07 Å². The number of nitrogens with zero attached hydrogens (tertiary/aromatic N) is 4. The molecule has 1 aromatic heterocycles. The van der Waals surface area contributed by atoms with Crippen molar-refractivity contribution in [2.75, 3.05) is 0 Å². The molecule has 0 radical (unpaired) electrons. The van der Waals surface area contributed by atoms with Gasteiger partial charge < -0.3 is 9.67 Å². The maximum absolute atomic E-state index is 11.0. The van der Waals surface area contributed by atoms with E-state index in [1.54, 1.807) is 22.8 Å². The largest absolute Gasteiger partial charge is 0.388 e. The van der Waals surface area contributed by atoms with E-state index in [4.69, 9.17) is 5.11 Å². The first-order valence-electron chi connectivity index (χ1n) is 5.45. The lowest BCUT2D eigenvalue weighted by Crippen LogP contribution is -2.04. The summed E-state index contributed by atoms with van der Waals surface area (Å²) in [6, 6.07) is 6.34. The van der Waals surface area contributed by atoms with E-state index in [-0.39, 0.29) is 12.3 Å². The van der Waals surface area contributed by atoms with Gasteiger partial charge in [-0.05, 0) is 13.0 Å². The molecule has 2 aromatic rings. The zero-order valence-electron chi connectivity index (χ0n) is 9.78. The molecule has 7 heteroatoms. The minimum Gasteiger partial charge on any atom is -0.388 e. The van der Waals surface area contributed by atoms with Crippen molar-refractivity contribution in [1.82, 2.24) is 14.8 Å². The lowest BCUT2D eigenvalue weighted by Gasteiger charge is -2.06. The second-order valence-electron chi connectivity index (χ2n) is 3.62. The zero-order valence-corrected chi connectivity index (χ0v) is 9.78. The monoisotopic (exact) mass is 248 g/mol. The molecule has 1 aromatic carbocycles. The number of hydrogen-bond donors (Lipinski definition) is 1. The molecular weight excluding hydrogens is 236 g/mol. The van der Waals surface area contributed by atoms with Gasteiger partial charge in [-0.15, -0.1) is 10.2 Å². The van der Waals surface area contributed by atoms with Crippen molar-refractivity contribution in [3.05, 3.63) is 40.2 Å². The summed E-state index contributed by atoms with van der Waals surface area (Å²) < 4.78 is 1.66. The van der Waals surface area contributed by atoms with Crippen molar-refractivity contribution in [3.8, 4) is 11.4 Å². The van der Waals surface area contributed by atoms with Crippen molar-refractivity contribution in [3.63, 3.8) is 0 Å². The molecule has 0 aliphatic heterocycles. The van der Waals surface area contributed by atoms with Crippen LogP contribution < -0.4 is 0 Å². The Bertz CT molecular complexity index is 579. The molecule has 0 aliphatic rings. The first-order valence-corrected chi connectivity index (χ1v) is 5.45. The first kappa shape index (κ1) is 12.2. The van der Waals surface area contributed by atoms with Gasteiger partial charge in [0.15, 0.2) is 11.6 Å². The molecule has 7 nitrogen and oxygen atoms in total. The van der Waals surface area contributed by atoms with E-state index in [2.05, 4.69) is 10.2 Å². The molecule has 1 N–H and O–H groups in total. The van der Waals surface area contributed by atoms with Gasteiger partial charge in [0.2, 0.25) is 0 Å². The van der Waals surface area contributed by atoms with Crippen molar-refractivity contribution >= 4 is 5.69 Å². The SMILES string of the molecule is CCn1c(CO)nnc1-c1ccccc1[N+](=O)[O-]. The summed E-state index contributed by atoms with van der Waals surface area (Å²) >= 11 is 0. The van der Waals surface area contributed by atoms with E-state index >= 15 is 0 Å². The van der Waals surface area contributed by atoms with Gasteiger partial charge in [-0.1, -0.05) is 12.1 Å². The third kappa shape index (κ3) is 1.95. The lowest BCUT2D eigenvalue weighted by atomic mass is 10.1. The summed E-state index contributed by atoms with van der Waals surface area (Å²) in [5, 5.41) is 27.8. The highest BCUT2D eigenvalue weighted by molar-refractivity contribution is 5.68. The van der Waals surface area contributed by atoms with Crippen molar-refractivity contribution in [1.29, 1.82) is 0 Å². The van der Waals surface area contributed by atoms with Crippen LogP contribution in [0.5, 0.6) is 0 Å². The van der Waals surface area contributed by atoms with Crippen LogP contribution in [0.3, 0.4) is 0 Å². The predicted molar refractivity (Wildman–Crippen MR) is 63.7 cm³/mol. The molecule has 1 heterocycles. The summed E-state index contributed by atoms with van der Waals surface area (Å²) in [5.41, 5.74) is 0.376. The molecule has 0 spiro atoms. The number of aliphatic hydroxyl groups is 1. The smallest absolute Gasteiger partial charge is 0.280 e. The van der Waals surface area contributed by atoms with Crippen molar-refractivity contribution in [2.45, 2.75) is 20.1 Å². The second-order valence-corrected chi connectivity index (χ2v) is 3.62. The summed E-state index contributed by atoms with van der Waals surface area (Å²) in [5.74, 6) is 0.791. The Labute approximate surface area is 103 Å². The van der Waals surface area contributed by atoms with Crippen LogP contribution in [-0.4, -0.2) is 24.8 Å². The van der Waals surface area contributed by atoms with Gasteiger partial charge >= 0.3 is 0 Å². The average molecular weight is 248 g/mol. The number of nitro benzene ring substituents is 1. The second kappa shape index (κ2) is 4.92. The molecular formula is C11H12N4O3. The van der Waals surface area contributed by atoms with Crippen LogP contribution in [0.2, 0.25) is 0 Å². The van der Waals surface area contributed by atoms with E-state index in [9.17, 15) is 10.1 Å². The molecule has 0 bridgehead atoms. The van der Waals surface area contributed by atoms with Crippen LogP contribution >= 0.6 is 0 Å². The quantitative estimate of drug-likeness (QED) is 0.651. The van der Waals surface area contributed by atoms with Crippen LogP contribution in [0.1, 0.15) is 12.7 Å². The van der Waals surface area contributed by atoms with Gasteiger partial charge in [0.1, 0.15) is 6.61 Å². The number of rotatable bonds is 4. The summed E-state index contributed by atoms with van der Waals surface area (Å²) in [6.07, 6.45) is 0. The molecule has 0 atom stereocenters. The molecule has 0 amide bonds. The predicted octanol–water partition coefficient (Wildman–Crippen LogP) is 1.37. The zero-order chi connectivity index (χ0) is 13.1. The fourth-order valence-corrected chi connectivity index (χ4v) is 1.81. The molecule has 0 aliphatic carbocycles. The molecule has 0 saturated carbocycles. The van der Waals surface area contributed by atoms with Crippen LogP contribution in [0, 0.1) is 10.1 Å². The minimum absolute atomic E-state index is 0.0240. The Morgan fingerprint density at radius 2 is 2.11 bits per heavy atom. The highest BCUT2D eigenvalue weighted by Crippen LogP contribution is 2.28. The van der Waals surface area contributed by atoms with Crippen molar-refractivity contribution < 1.29 is 10.0 Å². The molecule has 94 valence electrons. The Balaban J connectivity index is 2.62. The van der Waals surface area contributed by atoms with Crippen LogP contribution in [-0.2, 0) is 13.2 Å². The summed E-state index contributed by atoms with van der Waals surface area (Å²) in [4.78, 5) is 10.5. The third-order valence-corrected chi connectivity index (χ3v) is 2.63. The van der Waals surface area contributed by atoms with Gasteiger partial charge in [0, 0.05) is 12.6 Å². The molecule has 18 heavy (non-hydrogen) atoms. The topological polar surface area (TPSA) is 94.1 Å². The number of benzene rings is 1. The molecule has 0 fully saturated rings. The van der Waals surface area contributed by atoms with Gasteiger partial charge in [0.25, 0.3) is 5.69 Å². The number of aliphatic hydroxyl groups excluding tert-OH is 1. The number of hydrogen-bond acceptors (Lipinski definition) is 5.